The van der Waals surface area contributed by atoms with Gasteiger partial charge < -0.3 is 71.1 Å². The molecule has 0 amide bonds. The summed E-state index contributed by atoms with van der Waals surface area (Å²) in [7, 11) is 0. The van der Waals surface area contributed by atoms with Crippen molar-refractivity contribution in [3.8, 4) is 0 Å². The Hall–Kier alpha value is -15.4. The minimum Gasteiger partial charge on any atom is -0.435 e. The van der Waals surface area contributed by atoms with Crippen LogP contribution in [0.15, 0.2) is 266 Å². The third kappa shape index (κ3) is 13.6. The van der Waals surface area contributed by atoms with E-state index in [1.54, 1.807) is 62.0 Å². The summed E-state index contributed by atoms with van der Waals surface area (Å²) in [6.45, 7) is 33.5. The Balaban J connectivity index is 0.000000104. The number of aryl methyl sites for hydroxylation is 5. The summed E-state index contributed by atoms with van der Waals surface area (Å²) in [5.74, 6) is 3.78. The van der Waals surface area contributed by atoms with Gasteiger partial charge in [0.05, 0.1) is 62.4 Å². The van der Waals surface area contributed by atoms with Crippen LogP contribution in [0, 0.1) is 34.6 Å². The number of benzene rings is 5. The van der Waals surface area contributed by atoms with Gasteiger partial charge in [0, 0.05) is 151 Å². The van der Waals surface area contributed by atoms with E-state index >= 15 is 0 Å². The molecular formula is C108H106N20O5. The average molecular weight is 1770 g/mol. The molecule has 0 saturated heterocycles. The van der Waals surface area contributed by atoms with E-state index in [0.717, 1.165) is 184 Å². The fourth-order valence-corrected chi connectivity index (χ4v) is 20.5. The molecule has 5 aliphatic rings. The molecule has 0 N–H and O–H groups in total. The lowest BCUT2D eigenvalue weighted by Crippen LogP contribution is -2.42. The summed E-state index contributed by atoms with van der Waals surface area (Å²) in [5, 5.41) is 10.1. The summed E-state index contributed by atoms with van der Waals surface area (Å²) < 4.78 is 89.7. The number of anilines is 15. The maximum absolute atomic E-state index is 8.69. The van der Waals surface area contributed by atoms with E-state index in [1.807, 2.05) is 205 Å². The summed E-state index contributed by atoms with van der Waals surface area (Å²) in [6, 6.07) is 57.0. The minimum absolute atomic E-state index is 0.0807. The molecule has 0 spiro atoms. The van der Waals surface area contributed by atoms with Gasteiger partial charge in [0.2, 0.25) is 28.6 Å². The van der Waals surface area contributed by atoms with Crippen LogP contribution in [0.25, 0.3) is 110 Å². The van der Waals surface area contributed by atoms with Crippen LogP contribution in [0.3, 0.4) is 0 Å². The number of furan rings is 5. The first-order chi connectivity index (χ1) is 66.9. The first-order valence-corrected chi connectivity index (χ1v) is 44.9. The second-order valence-corrected chi connectivity index (χ2v) is 35.2. The van der Waals surface area contributed by atoms with Gasteiger partial charge in [-0.05, 0) is 274 Å². The number of rotatable bonds is 9. The highest BCUT2D eigenvalue weighted by atomic mass is 16.4. The molecule has 0 fully saturated rings. The van der Waals surface area contributed by atoms with Gasteiger partial charge in [-0.15, -0.1) is 0 Å². The van der Waals surface area contributed by atoms with Crippen LogP contribution in [-0.4, -0.2) is 112 Å². The molecule has 25 nitrogen and oxygen atoms in total. The molecule has 0 saturated carbocycles. The lowest BCUT2D eigenvalue weighted by Gasteiger charge is -2.33. The molecule has 25 heteroatoms. The van der Waals surface area contributed by atoms with E-state index in [1.165, 1.54) is 4.90 Å². The number of hydrogen-bond donors (Lipinski definition) is 0. The van der Waals surface area contributed by atoms with Gasteiger partial charge in [-0.2, -0.15) is 0 Å². The zero-order chi connectivity index (χ0) is 98.1. The molecule has 5 atom stereocenters. The van der Waals surface area contributed by atoms with Crippen LogP contribution in [0.5, 0.6) is 0 Å². The Morgan fingerprint density at radius 1 is 0.241 bits per heavy atom. The zero-order valence-electron chi connectivity index (χ0n) is 84.5. The van der Waals surface area contributed by atoms with Crippen LogP contribution in [-0.2, 0) is 0 Å². The molecule has 0 radical (unpaired) electrons. The van der Waals surface area contributed by atoms with E-state index in [2.05, 4.69) is 195 Å². The van der Waals surface area contributed by atoms with Crippen molar-refractivity contribution in [1.29, 1.82) is 0 Å². The van der Waals surface area contributed by atoms with Gasteiger partial charge in [0.25, 0.3) is 0 Å². The predicted octanol–water partition coefficient (Wildman–Crippen LogP) is 26.2. The topological polar surface area (TPSA) is 227 Å². The van der Waals surface area contributed by atoms with Gasteiger partial charge >= 0.3 is 0 Å². The highest BCUT2D eigenvalue weighted by Gasteiger charge is 2.44. The SMILES string of the molecule is [2H]C(C)(C)N1c2cccnc2N(c2c(C)ccc3c2oc2ncccc23)[C@H]1C.[2H]C(C)(C)N1c2cccnc2N(c2c(C)ccc3c2oc2ncccc23)[C@H]1C.[2H]C(C)(C)N1c2ncccc2N(c2c(C)ccc3c2oc2ncccc23)[C@H]1C.[2H]C(C)(C)N1c2ncccc2N(c2c(C)ccc3c2oc2ncccc23)[C@H]1C.[2H]C([2H])([2H])N1c2ncccc2N(c2c(C)ccc3c2oc2ncccc23)[C@H]1C. The second kappa shape index (κ2) is 33.2. The van der Waals surface area contributed by atoms with Gasteiger partial charge in [-0.1, -0.05) is 60.7 Å². The van der Waals surface area contributed by atoms with Crippen molar-refractivity contribution in [2.45, 2.75) is 180 Å². The Labute approximate surface area is 781 Å². The van der Waals surface area contributed by atoms with Gasteiger partial charge in [-0.25, -0.2) is 49.8 Å². The van der Waals surface area contributed by atoms with Crippen molar-refractivity contribution in [2.24, 2.45) is 0 Å². The number of hydrogen-bond acceptors (Lipinski definition) is 25. The molecule has 0 aliphatic carbocycles. The first kappa shape index (κ1) is 76.5. The highest BCUT2D eigenvalue weighted by Crippen LogP contribution is 2.55. The number of pyridine rings is 10. The van der Waals surface area contributed by atoms with Crippen molar-refractivity contribution < 1.29 is 31.7 Å². The van der Waals surface area contributed by atoms with E-state index in [-0.39, 0.29) is 24.7 Å². The molecule has 0 unspecified atom stereocenters. The second-order valence-electron chi connectivity index (χ2n) is 35.2. The van der Waals surface area contributed by atoms with E-state index in [4.69, 9.17) is 31.7 Å². The predicted molar refractivity (Wildman–Crippen MR) is 539 cm³/mol. The van der Waals surface area contributed by atoms with Crippen LogP contribution in [0.4, 0.5) is 86.0 Å². The normalized spacial score (nSPS) is 17.9. The fourth-order valence-electron chi connectivity index (χ4n) is 20.5. The van der Waals surface area contributed by atoms with E-state index in [9.17, 15) is 0 Å². The summed E-state index contributed by atoms with van der Waals surface area (Å²) in [5.41, 5.74) is 21.9. The maximum atomic E-state index is 8.69. The van der Waals surface area contributed by atoms with E-state index < -0.39 is 37.2 Å². The van der Waals surface area contributed by atoms with Crippen molar-refractivity contribution in [2.75, 3.05) is 56.0 Å². The monoisotopic (exact) mass is 1770 g/mol. The molecule has 25 rings (SSSR count). The van der Waals surface area contributed by atoms with Crippen LogP contribution in [0.2, 0.25) is 0 Å². The third-order valence-electron chi connectivity index (χ3n) is 26.1. The van der Waals surface area contributed by atoms with Crippen molar-refractivity contribution in [1.82, 2.24) is 49.8 Å². The van der Waals surface area contributed by atoms with Crippen LogP contribution < -0.4 is 49.0 Å². The van der Waals surface area contributed by atoms with Crippen molar-refractivity contribution in [3.05, 3.63) is 272 Å². The smallest absolute Gasteiger partial charge is 0.227 e. The quantitative estimate of drug-likeness (QED) is 0.131. The number of aromatic nitrogens is 10. The van der Waals surface area contributed by atoms with Gasteiger partial charge in [0.15, 0.2) is 57.0 Å². The zero-order valence-corrected chi connectivity index (χ0v) is 77.5. The summed E-state index contributed by atoms with van der Waals surface area (Å²) >= 11 is 0. The number of nitrogens with zero attached hydrogens (tertiary/aromatic N) is 20. The molecule has 20 aromatic rings. The van der Waals surface area contributed by atoms with Crippen molar-refractivity contribution >= 4 is 196 Å². The minimum atomic E-state index is -2.31. The average Bonchev–Trinajstić information content (AvgIpc) is 1.59. The first-order valence-electron chi connectivity index (χ1n) is 48.4. The molecule has 5 aliphatic heterocycles. The molecule has 20 heterocycles. The molecule has 15 aromatic heterocycles. The standard InChI is InChI=1S/4C22H22N4O.C20H18N4O/c2*1-13(2)25-15(4)26(18-8-6-11-23-21(18)25)19-14(3)9-10-16-17-7-5-12-24-22(17)27-20(16)19;2*1-13(2)25-15(4)26(21-18(25)8-6-11-23-21)19-14(3)9-10-16-17-7-5-12-24-22(17)27-20(16)19;1-12-8-9-14-15-6-4-11-22-20(15)25-18(14)17(12)24-13(2)23(3)19-16(24)7-5-10-21-19/h4*5-13,15H,1-4H3;4-11,13H,1-3H3/t4*15-;13-/m00000/s1/i4*13D;3D3. The largest absolute Gasteiger partial charge is 0.435 e. The molecular weight excluding hydrogens is 1660 g/mol. The Bertz CT molecular complexity index is 7170. The summed E-state index contributed by atoms with van der Waals surface area (Å²) in [4.78, 5) is 65.3. The van der Waals surface area contributed by atoms with Gasteiger partial charge in [-0.3, -0.25) is 0 Å². The lowest BCUT2D eigenvalue weighted by atomic mass is 10.1. The van der Waals surface area contributed by atoms with Gasteiger partial charge in [0.1, 0.15) is 30.8 Å². The lowest BCUT2D eigenvalue weighted by molar-refractivity contribution is 0.597. The fraction of sp³-hybridized carbons (Fsp3) is 0.259. The maximum Gasteiger partial charge on any atom is 0.227 e. The van der Waals surface area contributed by atoms with Crippen molar-refractivity contribution in [3.63, 3.8) is 0 Å². The third-order valence-corrected chi connectivity index (χ3v) is 26.1. The Kier molecular flexibility index (Phi) is 19.1. The molecule has 0 bridgehead atoms. The van der Waals surface area contributed by atoms with Crippen LogP contribution >= 0.6 is 0 Å². The van der Waals surface area contributed by atoms with E-state index in [0.29, 0.717) is 40.0 Å². The molecule has 668 valence electrons. The Morgan fingerprint density at radius 2 is 0.459 bits per heavy atom. The highest BCUT2D eigenvalue weighted by molar-refractivity contribution is 6.15. The molecule has 5 aromatic carbocycles. The van der Waals surface area contributed by atoms with Crippen LogP contribution in [0.1, 0.15) is 127 Å². The molecule has 133 heavy (non-hydrogen) atoms. The number of fused-ring (bicyclic) bond motifs is 20. The Morgan fingerprint density at radius 3 is 0.729 bits per heavy atom. The summed E-state index contributed by atoms with van der Waals surface area (Å²) in [6.07, 6.45) is 16.7.